The monoisotopic (exact) mass is 489 g/mol. The fraction of sp³-hybridized carbons (Fsp3) is 0.0909. The highest BCUT2D eigenvalue weighted by atomic mass is 32.2. The van der Waals surface area contributed by atoms with E-state index < -0.39 is 44.3 Å². The average molecular weight is 489 g/mol. The van der Waals surface area contributed by atoms with E-state index in [0.717, 1.165) is 12.1 Å². The summed E-state index contributed by atoms with van der Waals surface area (Å²) in [5.74, 6) is -3.15. The Kier molecular flexibility index (Phi) is 6.37. The third-order valence-electron chi connectivity index (χ3n) is 4.81. The number of aliphatic hydroxyl groups is 1. The first-order valence-electron chi connectivity index (χ1n) is 9.84. The summed E-state index contributed by atoms with van der Waals surface area (Å²) in [7, 11) is -4.65. The highest BCUT2D eigenvalue weighted by molar-refractivity contribution is 7.92. The molecule has 0 saturated carbocycles. The number of sulfonamides is 1. The van der Waals surface area contributed by atoms with Crippen LogP contribution in [0.3, 0.4) is 0 Å². The molecule has 2 aromatic heterocycles. The van der Waals surface area contributed by atoms with Crippen LogP contribution in [-0.4, -0.2) is 34.5 Å². The van der Waals surface area contributed by atoms with E-state index >= 15 is 4.39 Å². The normalized spacial score (nSPS) is 12.5. The summed E-state index contributed by atoms with van der Waals surface area (Å²) >= 11 is 0. The van der Waals surface area contributed by atoms with Crippen molar-refractivity contribution in [3.05, 3.63) is 84.6 Å². The average Bonchev–Trinajstić information content (AvgIpc) is 3.20. The van der Waals surface area contributed by atoms with Gasteiger partial charge in [0, 0.05) is 29.7 Å². The Hall–Kier alpha value is -3.74. The molecule has 12 heteroatoms. The van der Waals surface area contributed by atoms with Crippen LogP contribution in [0.1, 0.15) is 0 Å². The SMILES string of the molecule is NC(O)Cn1cc(-c2ccncc2)c(-c2cccc(NS(=O)(=O)c3cc(F)ccc3F)c2F)n1. The second-order valence-electron chi connectivity index (χ2n) is 7.26. The number of anilines is 1. The lowest BCUT2D eigenvalue weighted by atomic mass is 10.0. The van der Waals surface area contributed by atoms with Gasteiger partial charge < -0.3 is 10.8 Å². The predicted molar refractivity (Wildman–Crippen MR) is 118 cm³/mol. The molecule has 0 bridgehead atoms. The number of nitrogens with one attached hydrogen (secondary N) is 1. The number of halogens is 3. The van der Waals surface area contributed by atoms with E-state index in [2.05, 4.69) is 10.1 Å². The van der Waals surface area contributed by atoms with Crippen LogP contribution in [0.25, 0.3) is 22.4 Å². The summed E-state index contributed by atoms with van der Waals surface area (Å²) in [4.78, 5) is 2.99. The number of benzene rings is 2. The molecular weight excluding hydrogens is 471 g/mol. The smallest absolute Gasteiger partial charge is 0.265 e. The number of hydrogen-bond acceptors (Lipinski definition) is 6. The van der Waals surface area contributed by atoms with E-state index in [-0.39, 0.29) is 17.8 Å². The van der Waals surface area contributed by atoms with Gasteiger partial charge in [-0.1, -0.05) is 6.07 Å². The van der Waals surface area contributed by atoms with Gasteiger partial charge in [0.05, 0.1) is 12.2 Å². The van der Waals surface area contributed by atoms with E-state index in [1.165, 1.54) is 29.2 Å². The molecule has 2 heterocycles. The predicted octanol–water partition coefficient (Wildman–Crippen LogP) is 3.11. The zero-order valence-corrected chi connectivity index (χ0v) is 18.2. The Morgan fingerprint density at radius 2 is 1.79 bits per heavy atom. The Bertz CT molecular complexity index is 1440. The Labute approximate surface area is 192 Å². The summed E-state index contributed by atoms with van der Waals surface area (Å²) in [6, 6.07) is 9.17. The van der Waals surface area contributed by atoms with Crippen molar-refractivity contribution in [1.29, 1.82) is 0 Å². The third-order valence-corrected chi connectivity index (χ3v) is 6.19. The number of aromatic nitrogens is 3. The maximum atomic E-state index is 15.5. The lowest BCUT2D eigenvalue weighted by Gasteiger charge is -2.12. The van der Waals surface area contributed by atoms with Crippen LogP contribution in [0.2, 0.25) is 0 Å². The van der Waals surface area contributed by atoms with Gasteiger partial charge in [-0.2, -0.15) is 5.10 Å². The molecule has 0 saturated heterocycles. The molecule has 4 rings (SSSR count). The van der Waals surface area contributed by atoms with Crippen molar-refractivity contribution in [2.45, 2.75) is 17.7 Å². The van der Waals surface area contributed by atoms with Crippen LogP contribution >= 0.6 is 0 Å². The van der Waals surface area contributed by atoms with Gasteiger partial charge in [0.25, 0.3) is 10.0 Å². The molecule has 34 heavy (non-hydrogen) atoms. The van der Waals surface area contributed by atoms with E-state index in [1.807, 2.05) is 4.72 Å². The van der Waals surface area contributed by atoms with Crippen LogP contribution < -0.4 is 10.5 Å². The molecule has 0 radical (unpaired) electrons. The number of nitrogens with zero attached hydrogens (tertiary/aromatic N) is 3. The van der Waals surface area contributed by atoms with Crippen LogP contribution in [0.15, 0.2) is 72.0 Å². The molecule has 176 valence electrons. The summed E-state index contributed by atoms with van der Waals surface area (Å²) in [5, 5.41) is 13.8. The maximum Gasteiger partial charge on any atom is 0.265 e. The minimum absolute atomic E-state index is 0.0722. The molecule has 1 atom stereocenters. The van der Waals surface area contributed by atoms with Crippen molar-refractivity contribution >= 4 is 15.7 Å². The molecule has 4 aromatic rings. The van der Waals surface area contributed by atoms with E-state index in [0.29, 0.717) is 23.3 Å². The second-order valence-corrected chi connectivity index (χ2v) is 8.91. The van der Waals surface area contributed by atoms with Crippen LogP contribution in [0.5, 0.6) is 0 Å². The summed E-state index contributed by atoms with van der Waals surface area (Å²) in [6.45, 7) is -0.0785. The second kappa shape index (κ2) is 9.25. The van der Waals surface area contributed by atoms with Crippen molar-refractivity contribution in [3.8, 4) is 22.4 Å². The minimum atomic E-state index is -4.65. The van der Waals surface area contributed by atoms with Gasteiger partial charge in [-0.15, -0.1) is 0 Å². The van der Waals surface area contributed by atoms with Gasteiger partial charge in [0.1, 0.15) is 28.5 Å². The molecule has 0 aliphatic rings. The molecule has 0 spiro atoms. The highest BCUT2D eigenvalue weighted by Gasteiger charge is 2.24. The zero-order chi connectivity index (χ0) is 24.5. The fourth-order valence-corrected chi connectivity index (χ4v) is 4.47. The molecule has 0 amide bonds. The quantitative estimate of drug-likeness (QED) is 0.343. The molecule has 0 fully saturated rings. The van der Waals surface area contributed by atoms with Gasteiger partial charge in [-0.25, -0.2) is 21.6 Å². The van der Waals surface area contributed by atoms with Gasteiger partial charge in [0.2, 0.25) is 0 Å². The molecule has 2 aromatic carbocycles. The third kappa shape index (κ3) is 4.78. The summed E-state index contributed by atoms with van der Waals surface area (Å²) < 4.78 is 71.6. The van der Waals surface area contributed by atoms with Crippen molar-refractivity contribution in [2.24, 2.45) is 5.73 Å². The fourth-order valence-electron chi connectivity index (χ4n) is 3.32. The first-order valence-corrected chi connectivity index (χ1v) is 11.3. The van der Waals surface area contributed by atoms with Gasteiger partial charge >= 0.3 is 0 Å². The maximum absolute atomic E-state index is 15.5. The molecule has 0 aliphatic carbocycles. The number of rotatable bonds is 7. The highest BCUT2D eigenvalue weighted by Crippen LogP contribution is 2.35. The summed E-state index contributed by atoms with van der Waals surface area (Å²) in [5.41, 5.74) is 6.12. The van der Waals surface area contributed by atoms with E-state index in [1.54, 1.807) is 18.3 Å². The number of aliphatic hydroxyl groups excluding tert-OH is 1. The molecule has 4 N–H and O–H groups in total. The Balaban J connectivity index is 1.80. The van der Waals surface area contributed by atoms with Crippen molar-refractivity contribution in [1.82, 2.24) is 14.8 Å². The number of hydrogen-bond donors (Lipinski definition) is 3. The molecule has 1 unspecified atom stereocenters. The van der Waals surface area contributed by atoms with Gasteiger partial charge in [-0.3, -0.25) is 14.4 Å². The van der Waals surface area contributed by atoms with Gasteiger partial charge in [0.15, 0.2) is 5.82 Å². The van der Waals surface area contributed by atoms with Crippen molar-refractivity contribution in [3.63, 3.8) is 0 Å². The van der Waals surface area contributed by atoms with Gasteiger partial charge in [-0.05, 0) is 48.0 Å². The number of pyridine rings is 1. The standard InChI is InChI=1S/C22H18F3N5O3S/c23-14-4-5-17(24)19(10-14)34(32,33)29-18-3-1-2-15(21(18)25)22-16(13-6-8-27-9-7-13)11-30(28-22)12-20(26)31/h1-11,20,29,31H,12,26H2. The Morgan fingerprint density at radius 3 is 2.50 bits per heavy atom. The van der Waals surface area contributed by atoms with E-state index in [9.17, 15) is 22.3 Å². The van der Waals surface area contributed by atoms with Crippen molar-refractivity contribution in [2.75, 3.05) is 4.72 Å². The van der Waals surface area contributed by atoms with E-state index in [4.69, 9.17) is 5.73 Å². The Morgan fingerprint density at radius 1 is 1.06 bits per heavy atom. The largest absolute Gasteiger partial charge is 0.377 e. The minimum Gasteiger partial charge on any atom is -0.377 e. The zero-order valence-electron chi connectivity index (χ0n) is 17.4. The van der Waals surface area contributed by atoms with Crippen molar-refractivity contribution < 1.29 is 26.7 Å². The number of nitrogens with two attached hydrogens (primary N) is 1. The van der Waals surface area contributed by atoms with Crippen LogP contribution in [-0.2, 0) is 16.6 Å². The van der Waals surface area contributed by atoms with Crippen LogP contribution in [0.4, 0.5) is 18.9 Å². The molecular formula is C22H18F3N5O3S. The van der Waals surface area contributed by atoms with Crippen LogP contribution in [0, 0.1) is 17.5 Å². The summed E-state index contributed by atoms with van der Waals surface area (Å²) in [6.07, 6.45) is 3.40. The molecule has 8 nitrogen and oxygen atoms in total. The first-order chi connectivity index (χ1) is 16.2. The molecule has 0 aliphatic heterocycles. The first kappa shape index (κ1) is 23.4. The lowest BCUT2D eigenvalue weighted by Crippen LogP contribution is -2.25. The topological polar surface area (TPSA) is 123 Å². The lowest BCUT2D eigenvalue weighted by molar-refractivity contribution is 0.156.